The van der Waals surface area contributed by atoms with Crippen molar-refractivity contribution in [3.8, 4) is 0 Å². The molecule has 5 N–H and O–H groups in total. The molecule has 0 aliphatic heterocycles. The quantitative estimate of drug-likeness (QED) is 0.402. The number of amides is 2. The number of nitrogens with one attached hydrogen (secondary N) is 2. The van der Waals surface area contributed by atoms with E-state index in [4.69, 9.17) is 5.73 Å². The number of alkyl halides is 3. The molecule has 2 rings (SSSR count). The average Bonchev–Trinajstić information content (AvgIpc) is 2.67. The maximum atomic E-state index is 12.9. The van der Waals surface area contributed by atoms with Crippen molar-refractivity contribution in [2.45, 2.75) is 30.9 Å². The predicted octanol–water partition coefficient (Wildman–Crippen LogP) is 1.50. The molecule has 0 bridgehead atoms. The van der Waals surface area contributed by atoms with Gasteiger partial charge in [0.1, 0.15) is 12.3 Å². The number of hydrogen-bond donors (Lipinski definition) is 4. The van der Waals surface area contributed by atoms with Crippen molar-refractivity contribution in [1.29, 1.82) is 0 Å². The lowest BCUT2D eigenvalue weighted by Gasteiger charge is -2.23. The molecule has 0 fully saturated rings. The predicted molar refractivity (Wildman–Crippen MR) is 95.7 cm³/mol. The first kappa shape index (κ1) is 21.4. The lowest BCUT2D eigenvalue weighted by atomic mass is 10.0. The zero-order valence-corrected chi connectivity index (χ0v) is 14.7. The molecule has 28 heavy (non-hydrogen) atoms. The van der Waals surface area contributed by atoms with Gasteiger partial charge in [0.25, 0.3) is 5.91 Å². The van der Waals surface area contributed by atoms with Gasteiger partial charge in [0.05, 0.1) is 5.56 Å². The second kappa shape index (κ2) is 9.34. The first-order valence-electron chi connectivity index (χ1n) is 8.37. The van der Waals surface area contributed by atoms with E-state index in [-0.39, 0.29) is 18.4 Å². The molecular weight excluding hydrogens is 375 g/mol. The van der Waals surface area contributed by atoms with E-state index in [0.29, 0.717) is 0 Å². The Balaban J connectivity index is 2.10. The lowest BCUT2D eigenvalue weighted by molar-refractivity contribution is -0.137. The normalized spacial score (nSPS) is 14.6. The maximum Gasteiger partial charge on any atom is 0.416 e. The van der Waals surface area contributed by atoms with E-state index in [2.05, 4.69) is 10.6 Å². The molecule has 3 unspecified atom stereocenters. The number of aliphatic hydroxyl groups excluding tert-OH is 1. The summed E-state index contributed by atoms with van der Waals surface area (Å²) < 4.78 is 38.7. The highest BCUT2D eigenvalue weighted by Gasteiger charge is 2.31. The average molecular weight is 395 g/mol. The summed E-state index contributed by atoms with van der Waals surface area (Å²) in [4.78, 5) is 23.1. The summed E-state index contributed by atoms with van der Waals surface area (Å²) >= 11 is 0. The molecule has 0 saturated carbocycles. The van der Waals surface area contributed by atoms with Crippen LogP contribution in [-0.4, -0.2) is 29.6 Å². The van der Waals surface area contributed by atoms with Gasteiger partial charge < -0.3 is 21.5 Å². The summed E-state index contributed by atoms with van der Waals surface area (Å²) in [5, 5.41) is 14.7. The summed E-state index contributed by atoms with van der Waals surface area (Å²) in [5.74, 6) is -0.916. The lowest BCUT2D eigenvalue weighted by Crippen LogP contribution is -2.50. The molecule has 150 valence electrons. The number of carbonyl (C=O) groups is 2. The summed E-state index contributed by atoms with van der Waals surface area (Å²) in [5.41, 5.74) is 5.74. The highest BCUT2D eigenvalue weighted by atomic mass is 19.4. The molecule has 3 atom stereocenters. The van der Waals surface area contributed by atoms with Crippen LogP contribution in [0, 0.1) is 0 Å². The number of benzene rings is 2. The molecule has 9 heteroatoms. The number of hydrogen-bond acceptors (Lipinski definition) is 4. The Morgan fingerprint density at radius 2 is 1.82 bits per heavy atom. The smallest absolute Gasteiger partial charge is 0.382 e. The number of carbonyl (C=O) groups excluding carboxylic acids is 2. The summed E-state index contributed by atoms with van der Waals surface area (Å²) in [7, 11) is 0. The third-order valence-electron chi connectivity index (χ3n) is 4.06. The van der Waals surface area contributed by atoms with Gasteiger partial charge in [-0.1, -0.05) is 42.5 Å². The van der Waals surface area contributed by atoms with E-state index >= 15 is 0 Å². The topological polar surface area (TPSA) is 104 Å². The summed E-state index contributed by atoms with van der Waals surface area (Å²) in [6.45, 7) is 0. The molecule has 0 aliphatic carbocycles. The molecule has 0 radical (unpaired) electrons. The van der Waals surface area contributed by atoms with Gasteiger partial charge in [0, 0.05) is 6.04 Å². The largest absolute Gasteiger partial charge is 0.416 e. The highest BCUT2D eigenvalue weighted by Crippen LogP contribution is 2.30. The van der Waals surface area contributed by atoms with Gasteiger partial charge in [0.15, 0.2) is 0 Å². The highest BCUT2D eigenvalue weighted by molar-refractivity contribution is 5.82. The zero-order valence-electron chi connectivity index (χ0n) is 14.7. The number of aliphatic hydroxyl groups is 1. The first-order chi connectivity index (χ1) is 13.2. The van der Waals surface area contributed by atoms with Gasteiger partial charge in [0.2, 0.25) is 6.41 Å². The molecule has 0 spiro atoms. The van der Waals surface area contributed by atoms with Crippen molar-refractivity contribution in [3.63, 3.8) is 0 Å². The molecule has 0 heterocycles. The van der Waals surface area contributed by atoms with E-state index in [1.807, 2.05) is 6.07 Å². The molecule has 0 saturated heterocycles. The molecule has 2 aromatic rings. The fourth-order valence-corrected chi connectivity index (χ4v) is 2.60. The van der Waals surface area contributed by atoms with Crippen LogP contribution < -0.4 is 16.4 Å². The van der Waals surface area contributed by atoms with Crippen LogP contribution in [0.25, 0.3) is 0 Å². The summed E-state index contributed by atoms with van der Waals surface area (Å²) in [6, 6.07) is 12.1. The van der Waals surface area contributed by atoms with E-state index in [1.54, 1.807) is 24.3 Å². The van der Waals surface area contributed by atoms with Crippen molar-refractivity contribution in [1.82, 2.24) is 10.6 Å². The van der Waals surface area contributed by atoms with Crippen LogP contribution in [0.3, 0.4) is 0 Å². The van der Waals surface area contributed by atoms with Crippen molar-refractivity contribution >= 4 is 12.3 Å². The summed E-state index contributed by atoms with van der Waals surface area (Å²) in [6.07, 6.45) is -7.01. The van der Waals surface area contributed by atoms with Crippen LogP contribution in [0.5, 0.6) is 0 Å². The van der Waals surface area contributed by atoms with Crippen molar-refractivity contribution in [3.05, 3.63) is 71.3 Å². The van der Waals surface area contributed by atoms with Crippen molar-refractivity contribution < 1.29 is 27.9 Å². The van der Waals surface area contributed by atoms with Crippen LogP contribution in [0.4, 0.5) is 13.2 Å². The molecule has 2 amide bonds. The second-order valence-corrected chi connectivity index (χ2v) is 6.15. The Labute approximate surface area is 159 Å². The first-order valence-corrected chi connectivity index (χ1v) is 8.37. The Morgan fingerprint density at radius 3 is 2.43 bits per heavy atom. The van der Waals surface area contributed by atoms with Gasteiger partial charge in [-0.2, -0.15) is 13.2 Å². The Bertz CT molecular complexity index is 800. The maximum absolute atomic E-state index is 12.9. The number of rotatable bonds is 8. The fraction of sp³-hybridized carbons (Fsp3) is 0.263. The third kappa shape index (κ3) is 5.80. The van der Waals surface area contributed by atoms with Crippen LogP contribution in [0.1, 0.15) is 22.9 Å². The van der Waals surface area contributed by atoms with Crippen molar-refractivity contribution in [2.24, 2.45) is 5.73 Å². The van der Waals surface area contributed by atoms with Crippen molar-refractivity contribution in [2.75, 3.05) is 0 Å². The second-order valence-electron chi connectivity index (χ2n) is 6.15. The van der Waals surface area contributed by atoms with Gasteiger partial charge in [-0.25, -0.2) is 0 Å². The van der Waals surface area contributed by atoms with Gasteiger partial charge >= 0.3 is 6.18 Å². The molecule has 2 aromatic carbocycles. The number of halogens is 3. The number of nitrogens with two attached hydrogens (primary N) is 1. The Morgan fingerprint density at radius 1 is 1.14 bits per heavy atom. The van der Waals surface area contributed by atoms with Gasteiger partial charge in [-0.3, -0.25) is 9.59 Å². The minimum atomic E-state index is -4.58. The van der Waals surface area contributed by atoms with Crippen LogP contribution >= 0.6 is 0 Å². The van der Waals surface area contributed by atoms with Crippen LogP contribution in [0.15, 0.2) is 54.6 Å². The SMILES string of the molecule is NC(Cc1ccccc1)C(O)C(=O)NC(NC=O)c1cccc(C(F)(F)F)c1. The zero-order chi connectivity index (χ0) is 20.7. The molecular formula is C19H20F3N3O3. The van der Waals surface area contributed by atoms with Crippen LogP contribution in [0.2, 0.25) is 0 Å². The van der Waals surface area contributed by atoms with Crippen LogP contribution in [-0.2, 0) is 22.2 Å². The van der Waals surface area contributed by atoms with E-state index in [9.17, 15) is 27.9 Å². The minimum Gasteiger partial charge on any atom is -0.382 e. The Kier molecular flexibility index (Phi) is 7.13. The van der Waals surface area contributed by atoms with E-state index in [0.717, 1.165) is 23.8 Å². The Hall–Kier alpha value is -2.91. The molecule has 0 aliphatic rings. The standard InChI is InChI=1S/C19H20F3N3O3/c20-19(21,22)14-8-4-7-13(10-14)17(24-11-26)25-18(28)16(27)15(23)9-12-5-2-1-3-6-12/h1-8,10-11,15-17,27H,9,23H2,(H,24,26)(H,25,28). The van der Waals surface area contributed by atoms with E-state index in [1.165, 1.54) is 6.07 Å². The van der Waals surface area contributed by atoms with Gasteiger partial charge in [-0.15, -0.1) is 0 Å². The third-order valence-corrected chi connectivity index (χ3v) is 4.06. The molecule has 6 nitrogen and oxygen atoms in total. The fourth-order valence-electron chi connectivity index (χ4n) is 2.60. The molecule has 0 aromatic heterocycles. The van der Waals surface area contributed by atoms with E-state index < -0.39 is 36.0 Å². The minimum absolute atomic E-state index is 0.000828. The monoisotopic (exact) mass is 395 g/mol. The van der Waals surface area contributed by atoms with Gasteiger partial charge in [-0.05, 0) is 29.7 Å².